The fraction of sp³-hybridized carbons (Fsp3) is 0.600. The summed E-state index contributed by atoms with van der Waals surface area (Å²) in [6.07, 6.45) is 1.53. The van der Waals surface area contributed by atoms with Crippen LogP contribution in [-0.2, 0) is 9.53 Å². The fourth-order valence-corrected chi connectivity index (χ4v) is 3.52. The highest BCUT2D eigenvalue weighted by molar-refractivity contribution is 7.10. The van der Waals surface area contributed by atoms with E-state index in [9.17, 15) is 9.59 Å². The summed E-state index contributed by atoms with van der Waals surface area (Å²) in [6.45, 7) is 5.10. The standard InChI is InChI=1S/C15H20N2O3S/c1-11-9-12(10-21-11)14(18)16-4-6-17(7-5-16)15(19)13-3-2-8-20-13/h9-10,13H,2-8H2,1H3. The van der Waals surface area contributed by atoms with E-state index in [0.717, 1.165) is 23.3 Å². The van der Waals surface area contributed by atoms with E-state index in [1.54, 1.807) is 11.3 Å². The fourth-order valence-electron chi connectivity index (χ4n) is 2.84. The van der Waals surface area contributed by atoms with Gasteiger partial charge >= 0.3 is 0 Å². The van der Waals surface area contributed by atoms with Gasteiger partial charge in [-0.3, -0.25) is 9.59 Å². The highest BCUT2D eigenvalue weighted by Crippen LogP contribution is 2.18. The number of ether oxygens (including phenoxy) is 1. The Bertz CT molecular complexity index is 529. The van der Waals surface area contributed by atoms with Gasteiger partial charge in [0.15, 0.2) is 0 Å². The Morgan fingerprint density at radius 1 is 1.24 bits per heavy atom. The predicted molar refractivity (Wildman–Crippen MR) is 80.5 cm³/mol. The number of thiophene rings is 1. The second-order valence-electron chi connectivity index (χ2n) is 5.57. The van der Waals surface area contributed by atoms with E-state index >= 15 is 0 Å². The van der Waals surface area contributed by atoms with Crippen molar-refractivity contribution in [3.05, 3.63) is 21.9 Å². The van der Waals surface area contributed by atoms with Gasteiger partial charge in [0, 0.05) is 43.0 Å². The monoisotopic (exact) mass is 308 g/mol. The summed E-state index contributed by atoms with van der Waals surface area (Å²) in [5.41, 5.74) is 0.761. The maximum absolute atomic E-state index is 12.4. The number of aryl methyl sites for hydroxylation is 1. The van der Waals surface area contributed by atoms with Crippen LogP contribution in [-0.4, -0.2) is 60.5 Å². The molecule has 2 amide bonds. The first-order valence-electron chi connectivity index (χ1n) is 7.40. The van der Waals surface area contributed by atoms with Gasteiger partial charge < -0.3 is 14.5 Å². The molecule has 2 saturated heterocycles. The summed E-state index contributed by atoms with van der Waals surface area (Å²) in [6, 6.07) is 1.93. The minimum atomic E-state index is -0.258. The number of hydrogen-bond acceptors (Lipinski definition) is 4. The third-order valence-electron chi connectivity index (χ3n) is 4.06. The van der Waals surface area contributed by atoms with E-state index in [-0.39, 0.29) is 17.9 Å². The van der Waals surface area contributed by atoms with Gasteiger partial charge in [0.2, 0.25) is 0 Å². The molecule has 0 spiro atoms. The highest BCUT2D eigenvalue weighted by Gasteiger charge is 2.31. The second kappa shape index (κ2) is 6.15. The molecule has 2 aliphatic rings. The predicted octanol–water partition coefficient (Wildman–Crippen LogP) is 1.52. The summed E-state index contributed by atoms with van der Waals surface area (Å²) in [7, 11) is 0. The van der Waals surface area contributed by atoms with Gasteiger partial charge in [-0.2, -0.15) is 0 Å². The molecule has 21 heavy (non-hydrogen) atoms. The molecule has 3 heterocycles. The molecular formula is C15H20N2O3S. The van der Waals surface area contributed by atoms with Gasteiger partial charge in [-0.05, 0) is 25.8 Å². The van der Waals surface area contributed by atoms with E-state index in [0.29, 0.717) is 32.8 Å². The van der Waals surface area contributed by atoms with Crippen molar-refractivity contribution in [1.29, 1.82) is 0 Å². The Hall–Kier alpha value is -1.40. The summed E-state index contributed by atoms with van der Waals surface area (Å²) in [5, 5.41) is 1.90. The molecule has 0 bridgehead atoms. The molecule has 0 N–H and O–H groups in total. The zero-order valence-corrected chi connectivity index (χ0v) is 13.0. The molecule has 3 rings (SSSR count). The summed E-state index contributed by atoms with van der Waals surface area (Å²) in [4.78, 5) is 29.4. The van der Waals surface area contributed by atoms with Crippen molar-refractivity contribution in [2.45, 2.75) is 25.9 Å². The van der Waals surface area contributed by atoms with Gasteiger partial charge in [0.25, 0.3) is 11.8 Å². The second-order valence-corrected chi connectivity index (χ2v) is 6.68. The van der Waals surface area contributed by atoms with Crippen LogP contribution < -0.4 is 0 Å². The van der Waals surface area contributed by atoms with Crippen molar-refractivity contribution in [3.8, 4) is 0 Å². The number of rotatable bonds is 2. The van der Waals surface area contributed by atoms with Crippen LogP contribution in [0.4, 0.5) is 0 Å². The van der Waals surface area contributed by atoms with E-state index < -0.39 is 0 Å². The molecule has 2 fully saturated rings. The lowest BCUT2D eigenvalue weighted by atomic mass is 10.2. The molecule has 114 valence electrons. The zero-order valence-electron chi connectivity index (χ0n) is 12.2. The molecule has 5 nitrogen and oxygen atoms in total. The molecule has 6 heteroatoms. The highest BCUT2D eigenvalue weighted by atomic mass is 32.1. The maximum Gasteiger partial charge on any atom is 0.254 e. The van der Waals surface area contributed by atoms with Gasteiger partial charge in [-0.15, -0.1) is 11.3 Å². The van der Waals surface area contributed by atoms with Gasteiger partial charge in [0.05, 0.1) is 5.56 Å². The molecule has 0 aliphatic carbocycles. The van der Waals surface area contributed by atoms with Crippen LogP contribution in [0.5, 0.6) is 0 Å². The minimum Gasteiger partial charge on any atom is -0.368 e. The lowest BCUT2D eigenvalue weighted by Gasteiger charge is -2.35. The molecule has 1 aromatic rings. The van der Waals surface area contributed by atoms with E-state index in [1.165, 1.54) is 0 Å². The number of carbonyl (C=O) groups excluding carboxylic acids is 2. The molecule has 0 radical (unpaired) electrons. The molecular weight excluding hydrogens is 288 g/mol. The Kier molecular flexibility index (Phi) is 4.26. The number of carbonyl (C=O) groups is 2. The van der Waals surface area contributed by atoms with E-state index in [1.807, 2.05) is 28.2 Å². The molecule has 1 unspecified atom stereocenters. The Balaban J connectivity index is 1.55. The van der Waals surface area contributed by atoms with E-state index in [4.69, 9.17) is 4.74 Å². The van der Waals surface area contributed by atoms with Crippen LogP contribution in [0.25, 0.3) is 0 Å². The number of hydrogen-bond donors (Lipinski definition) is 0. The van der Waals surface area contributed by atoms with Gasteiger partial charge in [-0.25, -0.2) is 0 Å². The zero-order chi connectivity index (χ0) is 14.8. The number of piperazine rings is 1. The van der Waals surface area contributed by atoms with Crippen LogP contribution in [0.2, 0.25) is 0 Å². The minimum absolute atomic E-state index is 0.0727. The van der Waals surface area contributed by atoms with Crippen molar-refractivity contribution >= 4 is 23.2 Å². The van der Waals surface area contributed by atoms with Crippen molar-refractivity contribution in [2.75, 3.05) is 32.8 Å². The van der Waals surface area contributed by atoms with Crippen molar-refractivity contribution < 1.29 is 14.3 Å². The first-order valence-corrected chi connectivity index (χ1v) is 8.28. The van der Waals surface area contributed by atoms with Crippen LogP contribution in [0.1, 0.15) is 28.1 Å². The normalized spacial score (nSPS) is 22.6. The molecule has 0 saturated carbocycles. The molecule has 1 aromatic heterocycles. The molecule has 1 atom stereocenters. The average molecular weight is 308 g/mol. The van der Waals surface area contributed by atoms with Crippen LogP contribution >= 0.6 is 11.3 Å². The number of amides is 2. The first kappa shape index (κ1) is 14.5. The van der Waals surface area contributed by atoms with Gasteiger partial charge in [-0.1, -0.05) is 0 Å². The van der Waals surface area contributed by atoms with Crippen molar-refractivity contribution in [3.63, 3.8) is 0 Å². The maximum atomic E-state index is 12.4. The van der Waals surface area contributed by atoms with Crippen LogP contribution in [0, 0.1) is 6.92 Å². The van der Waals surface area contributed by atoms with Crippen LogP contribution in [0.3, 0.4) is 0 Å². The Morgan fingerprint density at radius 2 is 1.95 bits per heavy atom. The quantitative estimate of drug-likeness (QED) is 0.832. The smallest absolute Gasteiger partial charge is 0.254 e. The average Bonchev–Trinajstić information content (AvgIpc) is 3.17. The summed E-state index contributed by atoms with van der Waals surface area (Å²) < 4.78 is 5.44. The van der Waals surface area contributed by atoms with Crippen LogP contribution in [0.15, 0.2) is 11.4 Å². The van der Waals surface area contributed by atoms with Crippen molar-refractivity contribution in [2.24, 2.45) is 0 Å². The van der Waals surface area contributed by atoms with Gasteiger partial charge in [0.1, 0.15) is 6.10 Å². The topological polar surface area (TPSA) is 49.9 Å². The Labute approximate surface area is 128 Å². The summed E-state index contributed by atoms with van der Waals surface area (Å²) in [5.74, 6) is 0.162. The number of nitrogens with zero attached hydrogens (tertiary/aromatic N) is 2. The summed E-state index contributed by atoms with van der Waals surface area (Å²) >= 11 is 1.59. The molecule has 2 aliphatic heterocycles. The first-order chi connectivity index (χ1) is 10.1. The van der Waals surface area contributed by atoms with Crippen molar-refractivity contribution in [1.82, 2.24) is 9.80 Å². The third kappa shape index (κ3) is 3.11. The largest absolute Gasteiger partial charge is 0.368 e. The lowest BCUT2D eigenvalue weighted by molar-refractivity contribution is -0.142. The SMILES string of the molecule is Cc1cc(C(=O)N2CCN(C(=O)C3CCCO3)CC2)cs1. The van der Waals surface area contributed by atoms with E-state index in [2.05, 4.69) is 0 Å². The lowest BCUT2D eigenvalue weighted by Crippen LogP contribution is -2.52. The Morgan fingerprint density at radius 3 is 2.52 bits per heavy atom. The third-order valence-corrected chi connectivity index (χ3v) is 4.92. The molecule has 0 aromatic carbocycles.